The van der Waals surface area contributed by atoms with Crippen molar-refractivity contribution < 1.29 is 19.0 Å². The Kier molecular flexibility index (Phi) is 9.11. The summed E-state index contributed by atoms with van der Waals surface area (Å²) in [6.45, 7) is 1.86. The first-order chi connectivity index (χ1) is 7.20. The minimum atomic E-state index is -0.234. The molecular weight excluding hydrogens is 196 g/mol. The van der Waals surface area contributed by atoms with E-state index >= 15 is 0 Å². The molecule has 0 saturated heterocycles. The van der Waals surface area contributed by atoms with E-state index in [0.717, 1.165) is 19.3 Å². The lowest BCUT2D eigenvalue weighted by atomic mass is 10.2. The number of rotatable bonds is 8. The molecule has 15 heavy (non-hydrogen) atoms. The maximum absolute atomic E-state index is 10.4. The predicted molar refractivity (Wildman–Crippen MR) is 57.4 cm³/mol. The highest BCUT2D eigenvalue weighted by Crippen LogP contribution is 2.02. The number of carbonyl (C=O) groups is 1. The minimum Gasteiger partial charge on any atom is -0.466 e. The van der Waals surface area contributed by atoms with E-state index in [-0.39, 0.29) is 12.3 Å². The van der Waals surface area contributed by atoms with Crippen molar-refractivity contribution >= 4 is 5.97 Å². The number of carbonyl (C=O) groups excluding carboxylic acids is 1. The van der Waals surface area contributed by atoms with E-state index in [1.54, 1.807) is 14.2 Å². The quantitative estimate of drug-likeness (QED) is 0.269. The van der Waals surface area contributed by atoms with Crippen molar-refractivity contribution in [2.45, 2.75) is 32.5 Å². The molecule has 0 aromatic heterocycles. The maximum atomic E-state index is 10.4. The van der Waals surface area contributed by atoms with Gasteiger partial charge in [-0.2, -0.15) is 0 Å². The van der Waals surface area contributed by atoms with Crippen LogP contribution in [0.3, 0.4) is 0 Å². The average molecular weight is 216 g/mol. The Hall–Kier alpha value is -0.870. The second kappa shape index (κ2) is 9.68. The molecule has 0 spiro atoms. The van der Waals surface area contributed by atoms with E-state index in [1.165, 1.54) is 6.92 Å². The van der Waals surface area contributed by atoms with Gasteiger partial charge in [0, 0.05) is 27.6 Å². The van der Waals surface area contributed by atoms with Gasteiger partial charge in [-0.05, 0) is 12.8 Å². The summed E-state index contributed by atoms with van der Waals surface area (Å²) in [5.41, 5.74) is 0. The highest BCUT2D eigenvalue weighted by molar-refractivity contribution is 5.65. The van der Waals surface area contributed by atoms with Crippen molar-refractivity contribution in [3.8, 4) is 0 Å². The van der Waals surface area contributed by atoms with Gasteiger partial charge in [0.15, 0.2) is 6.29 Å². The zero-order valence-corrected chi connectivity index (χ0v) is 9.69. The molecule has 0 radical (unpaired) electrons. The maximum Gasteiger partial charge on any atom is 0.302 e. The van der Waals surface area contributed by atoms with Gasteiger partial charge in [0.25, 0.3) is 0 Å². The fourth-order valence-corrected chi connectivity index (χ4v) is 1.07. The molecule has 0 aromatic carbocycles. The standard InChI is InChI=1S/C11H20O4/c1-10(12)15-9-7-5-4-6-8-11(13-2)14-3/h4-5,11H,6-9H2,1-3H3/b5-4-. The van der Waals surface area contributed by atoms with Crippen LogP contribution >= 0.6 is 0 Å². The van der Waals surface area contributed by atoms with Gasteiger partial charge in [0.2, 0.25) is 0 Å². The third-order valence-electron chi connectivity index (χ3n) is 1.85. The number of hydrogen-bond acceptors (Lipinski definition) is 4. The topological polar surface area (TPSA) is 44.8 Å². The molecule has 0 saturated carbocycles. The fourth-order valence-electron chi connectivity index (χ4n) is 1.07. The Morgan fingerprint density at radius 1 is 1.20 bits per heavy atom. The zero-order valence-electron chi connectivity index (χ0n) is 9.69. The predicted octanol–water partition coefficient (Wildman–Crippen LogP) is 1.89. The van der Waals surface area contributed by atoms with Crippen molar-refractivity contribution in [1.82, 2.24) is 0 Å². The summed E-state index contributed by atoms with van der Waals surface area (Å²) in [7, 11) is 3.25. The highest BCUT2D eigenvalue weighted by atomic mass is 16.7. The first-order valence-electron chi connectivity index (χ1n) is 5.04. The van der Waals surface area contributed by atoms with Crippen LogP contribution in [0, 0.1) is 0 Å². The number of hydrogen-bond donors (Lipinski definition) is 0. The van der Waals surface area contributed by atoms with Gasteiger partial charge in [-0.3, -0.25) is 4.79 Å². The summed E-state index contributed by atoms with van der Waals surface area (Å²) >= 11 is 0. The minimum absolute atomic E-state index is 0.136. The monoisotopic (exact) mass is 216 g/mol. The van der Waals surface area contributed by atoms with Crippen LogP contribution in [0.15, 0.2) is 12.2 Å². The second-order valence-corrected chi connectivity index (χ2v) is 3.08. The number of methoxy groups -OCH3 is 2. The summed E-state index contributed by atoms with van der Waals surface area (Å²) in [5, 5.41) is 0. The Bertz CT molecular complexity index is 185. The van der Waals surface area contributed by atoms with E-state index in [2.05, 4.69) is 0 Å². The Balaban J connectivity index is 3.34. The molecule has 0 N–H and O–H groups in total. The lowest BCUT2D eigenvalue weighted by Gasteiger charge is -2.10. The van der Waals surface area contributed by atoms with Crippen LogP contribution in [0.1, 0.15) is 26.2 Å². The van der Waals surface area contributed by atoms with Crippen LogP contribution in [0.2, 0.25) is 0 Å². The molecule has 4 heteroatoms. The van der Waals surface area contributed by atoms with Crippen molar-refractivity contribution in [3.05, 3.63) is 12.2 Å². The third-order valence-corrected chi connectivity index (χ3v) is 1.85. The van der Waals surface area contributed by atoms with Crippen LogP contribution in [0.4, 0.5) is 0 Å². The number of allylic oxidation sites excluding steroid dienone is 1. The molecule has 4 nitrogen and oxygen atoms in total. The van der Waals surface area contributed by atoms with Gasteiger partial charge in [0.1, 0.15) is 0 Å². The number of esters is 1. The smallest absolute Gasteiger partial charge is 0.302 e. The van der Waals surface area contributed by atoms with Crippen LogP contribution < -0.4 is 0 Å². The molecule has 88 valence electrons. The molecule has 0 heterocycles. The van der Waals surface area contributed by atoms with Crippen LogP contribution in [-0.4, -0.2) is 33.1 Å². The zero-order chi connectivity index (χ0) is 11.5. The lowest BCUT2D eigenvalue weighted by Crippen LogP contribution is -2.11. The second-order valence-electron chi connectivity index (χ2n) is 3.08. The van der Waals surface area contributed by atoms with Gasteiger partial charge >= 0.3 is 5.97 Å². The molecule has 0 rings (SSSR count). The van der Waals surface area contributed by atoms with Crippen molar-refractivity contribution in [2.75, 3.05) is 20.8 Å². The lowest BCUT2D eigenvalue weighted by molar-refractivity contribution is -0.140. The Labute approximate surface area is 91.2 Å². The molecule has 0 fully saturated rings. The summed E-state index contributed by atoms with van der Waals surface area (Å²) < 4.78 is 14.8. The summed E-state index contributed by atoms with van der Waals surface area (Å²) in [6, 6.07) is 0. The summed E-state index contributed by atoms with van der Waals surface area (Å²) in [5.74, 6) is -0.234. The normalized spacial score (nSPS) is 11.2. The Morgan fingerprint density at radius 2 is 1.80 bits per heavy atom. The van der Waals surface area contributed by atoms with Gasteiger partial charge in [-0.1, -0.05) is 12.2 Å². The van der Waals surface area contributed by atoms with Gasteiger partial charge < -0.3 is 14.2 Å². The molecule has 0 amide bonds. The van der Waals surface area contributed by atoms with Crippen LogP contribution in [0.5, 0.6) is 0 Å². The van der Waals surface area contributed by atoms with Crippen molar-refractivity contribution in [2.24, 2.45) is 0 Å². The SMILES string of the molecule is COC(CC/C=C\CCOC(C)=O)OC. The van der Waals surface area contributed by atoms with Gasteiger partial charge in [0.05, 0.1) is 6.61 Å². The van der Waals surface area contributed by atoms with Crippen molar-refractivity contribution in [3.63, 3.8) is 0 Å². The largest absolute Gasteiger partial charge is 0.466 e. The molecule has 0 aliphatic rings. The number of ether oxygens (including phenoxy) is 3. The van der Waals surface area contributed by atoms with Gasteiger partial charge in [-0.15, -0.1) is 0 Å². The summed E-state index contributed by atoms with van der Waals surface area (Å²) in [6.07, 6.45) is 6.37. The molecular formula is C11H20O4. The summed E-state index contributed by atoms with van der Waals surface area (Å²) in [4.78, 5) is 10.4. The van der Waals surface area contributed by atoms with E-state index < -0.39 is 0 Å². The van der Waals surface area contributed by atoms with Crippen LogP contribution in [0.25, 0.3) is 0 Å². The van der Waals surface area contributed by atoms with Gasteiger partial charge in [-0.25, -0.2) is 0 Å². The van der Waals surface area contributed by atoms with Crippen LogP contribution in [-0.2, 0) is 19.0 Å². The Morgan fingerprint density at radius 3 is 2.33 bits per heavy atom. The van der Waals surface area contributed by atoms with E-state index in [9.17, 15) is 4.79 Å². The first kappa shape index (κ1) is 14.1. The van der Waals surface area contributed by atoms with E-state index in [1.807, 2.05) is 12.2 Å². The highest BCUT2D eigenvalue weighted by Gasteiger charge is 2.01. The molecule has 0 bridgehead atoms. The van der Waals surface area contributed by atoms with E-state index in [4.69, 9.17) is 14.2 Å². The molecule has 0 unspecified atom stereocenters. The molecule has 0 aliphatic heterocycles. The van der Waals surface area contributed by atoms with Crippen molar-refractivity contribution in [1.29, 1.82) is 0 Å². The van der Waals surface area contributed by atoms with E-state index in [0.29, 0.717) is 6.61 Å². The molecule has 0 atom stereocenters. The first-order valence-corrected chi connectivity index (χ1v) is 5.04. The molecule has 0 aliphatic carbocycles. The fraction of sp³-hybridized carbons (Fsp3) is 0.727. The average Bonchev–Trinajstić information content (AvgIpc) is 2.22. The third kappa shape index (κ3) is 9.43. The molecule has 0 aromatic rings.